The molecule has 6 nitrogen and oxygen atoms in total. The first-order valence-electron chi connectivity index (χ1n) is 10.6. The number of para-hydroxylation sites is 2. The molecule has 2 aromatic carbocycles. The van der Waals surface area contributed by atoms with Crippen LogP contribution in [0.5, 0.6) is 5.75 Å². The highest BCUT2D eigenvalue weighted by Gasteiger charge is 2.23. The summed E-state index contributed by atoms with van der Waals surface area (Å²) in [5, 5.41) is 0.676. The number of anilines is 1. The van der Waals surface area contributed by atoms with Crippen LogP contribution in [-0.4, -0.2) is 48.6 Å². The van der Waals surface area contributed by atoms with Gasteiger partial charge in [0.15, 0.2) is 11.7 Å². The van der Waals surface area contributed by atoms with Gasteiger partial charge in [0.1, 0.15) is 5.75 Å². The van der Waals surface area contributed by atoms with Crippen LogP contribution in [0.4, 0.5) is 5.69 Å². The topological polar surface area (TPSA) is 58.8 Å². The van der Waals surface area contributed by atoms with Crippen molar-refractivity contribution in [1.29, 1.82) is 0 Å². The molecule has 1 aliphatic rings. The molecule has 1 amide bonds. The molecule has 4 rings (SSSR count). The van der Waals surface area contributed by atoms with Gasteiger partial charge in [-0.3, -0.25) is 4.79 Å². The van der Waals surface area contributed by atoms with E-state index < -0.39 is 0 Å². The summed E-state index contributed by atoms with van der Waals surface area (Å²) in [6.45, 7) is 5.59. The largest absolute Gasteiger partial charge is 0.492 e. The van der Waals surface area contributed by atoms with Crippen LogP contribution in [0.1, 0.15) is 19.2 Å². The zero-order valence-electron chi connectivity index (χ0n) is 17.6. The van der Waals surface area contributed by atoms with E-state index in [1.165, 1.54) is 0 Å². The maximum Gasteiger partial charge on any atom is 0.223 e. The number of aryl methyl sites for hydroxylation is 1. The molecule has 31 heavy (non-hydrogen) atoms. The molecular formula is C24H26ClN3O3. The molecular weight excluding hydrogens is 414 g/mol. The Morgan fingerprint density at radius 2 is 1.84 bits per heavy atom. The number of carbonyl (C=O) groups excluding carboxylic acids is 1. The summed E-state index contributed by atoms with van der Waals surface area (Å²) in [5.74, 6) is 2.28. The van der Waals surface area contributed by atoms with Crippen molar-refractivity contribution in [2.75, 3.05) is 37.7 Å². The van der Waals surface area contributed by atoms with E-state index in [0.717, 1.165) is 30.1 Å². The summed E-state index contributed by atoms with van der Waals surface area (Å²) >= 11 is 5.93. The third kappa shape index (κ3) is 5.20. The lowest BCUT2D eigenvalue weighted by molar-refractivity contribution is -0.131. The average Bonchev–Trinajstić information content (AvgIpc) is 3.28. The van der Waals surface area contributed by atoms with Crippen molar-refractivity contribution in [1.82, 2.24) is 9.88 Å². The van der Waals surface area contributed by atoms with E-state index in [1.54, 1.807) is 6.20 Å². The van der Waals surface area contributed by atoms with Crippen LogP contribution in [0.25, 0.3) is 11.3 Å². The van der Waals surface area contributed by atoms with E-state index in [9.17, 15) is 4.79 Å². The lowest BCUT2D eigenvalue weighted by Gasteiger charge is -2.36. The number of benzene rings is 2. The standard InChI is InChI=1S/C24H26ClN3O3/c1-2-30-21-6-4-3-5-20(21)27-13-15-28(16-14-27)24(29)12-11-23-26-17-22(31-23)18-7-9-19(25)10-8-18/h3-10,17H,2,11-16H2,1H3. The normalized spacial score (nSPS) is 14.0. The zero-order chi connectivity index (χ0) is 21.6. The average molecular weight is 440 g/mol. The molecule has 0 radical (unpaired) electrons. The third-order valence-electron chi connectivity index (χ3n) is 5.37. The molecule has 3 aromatic rings. The molecule has 0 bridgehead atoms. The van der Waals surface area contributed by atoms with Crippen molar-refractivity contribution in [2.24, 2.45) is 0 Å². The zero-order valence-corrected chi connectivity index (χ0v) is 18.3. The van der Waals surface area contributed by atoms with Crippen molar-refractivity contribution in [3.05, 3.63) is 65.6 Å². The van der Waals surface area contributed by atoms with Crippen molar-refractivity contribution < 1.29 is 13.9 Å². The number of rotatable bonds is 7. The summed E-state index contributed by atoms with van der Waals surface area (Å²) in [6.07, 6.45) is 2.56. The van der Waals surface area contributed by atoms with Crippen molar-refractivity contribution in [3.8, 4) is 17.1 Å². The molecule has 1 fully saturated rings. The highest BCUT2D eigenvalue weighted by molar-refractivity contribution is 6.30. The van der Waals surface area contributed by atoms with Crippen LogP contribution in [0, 0.1) is 0 Å². The number of halogens is 1. The highest BCUT2D eigenvalue weighted by atomic mass is 35.5. The quantitative estimate of drug-likeness (QED) is 0.535. The Morgan fingerprint density at radius 3 is 2.58 bits per heavy atom. The number of amides is 1. The van der Waals surface area contributed by atoms with Gasteiger partial charge in [-0.1, -0.05) is 23.7 Å². The molecule has 1 saturated heterocycles. The van der Waals surface area contributed by atoms with Crippen LogP contribution in [0.15, 0.2) is 59.1 Å². The van der Waals surface area contributed by atoms with Gasteiger partial charge in [-0.25, -0.2) is 4.98 Å². The SMILES string of the molecule is CCOc1ccccc1N1CCN(C(=O)CCc2ncc(-c3ccc(Cl)cc3)o2)CC1. The first-order chi connectivity index (χ1) is 15.1. The fourth-order valence-corrected chi connectivity index (χ4v) is 3.86. The molecule has 7 heteroatoms. The van der Waals surface area contributed by atoms with Crippen LogP contribution in [-0.2, 0) is 11.2 Å². The Hall–Kier alpha value is -2.99. The molecule has 0 saturated carbocycles. The maximum atomic E-state index is 12.7. The number of oxazole rings is 1. The molecule has 1 aromatic heterocycles. The van der Waals surface area contributed by atoms with Crippen LogP contribution >= 0.6 is 11.6 Å². The third-order valence-corrected chi connectivity index (χ3v) is 5.63. The van der Waals surface area contributed by atoms with E-state index in [1.807, 2.05) is 54.3 Å². The van der Waals surface area contributed by atoms with Gasteiger partial charge in [-0.05, 0) is 43.3 Å². The number of carbonyl (C=O) groups is 1. The Morgan fingerprint density at radius 1 is 1.10 bits per heavy atom. The van der Waals surface area contributed by atoms with Gasteiger partial charge >= 0.3 is 0 Å². The van der Waals surface area contributed by atoms with E-state index in [0.29, 0.717) is 49.2 Å². The first kappa shape index (κ1) is 21.2. The van der Waals surface area contributed by atoms with Gasteiger partial charge in [0.25, 0.3) is 0 Å². The minimum absolute atomic E-state index is 0.129. The van der Waals surface area contributed by atoms with Gasteiger partial charge in [0.2, 0.25) is 5.91 Å². The van der Waals surface area contributed by atoms with Crippen LogP contribution in [0.2, 0.25) is 5.02 Å². The van der Waals surface area contributed by atoms with Crippen molar-refractivity contribution in [2.45, 2.75) is 19.8 Å². The summed E-state index contributed by atoms with van der Waals surface area (Å²) < 4.78 is 11.6. The lowest BCUT2D eigenvalue weighted by atomic mass is 10.2. The molecule has 0 aliphatic carbocycles. The lowest BCUT2D eigenvalue weighted by Crippen LogP contribution is -2.49. The van der Waals surface area contributed by atoms with Gasteiger partial charge in [-0.2, -0.15) is 0 Å². The number of ether oxygens (including phenoxy) is 1. The summed E-state index contributed by atoms with van der Waals surface area (Å²) in [6, 6.07) is 15.5. The number of hydrogen-bond donors (Lipinski definition) is 0. The Labute approximate surface area is 187 Å². The second-order valence-electron chi connectivity index (χ2n) is 7.39. The predicted octanol–water partition coefficient (Wildman–Crippen LogP) is 4.68. The highest BCUT2D eigenvalue weighted by Crippen LogP contribution is 2.29. The smallest absolute Gasteiger partial charge is 0.223 e. The van der Waals surface area contributed by atoms with Crippen molar-refractivity contribution >= 4 is 23.2 Å². The minimum atomic E-state index is 0.129. The molecule has 1 aliphatic heterocycles. The first-order valence-corrected chi connectivity index (χ1v) is 11.0. The molecule has 162 valence electrons. The van der Waals surface area contributed by atoms with Crippen LogP contribution < -0.4 is 9.64 Å². The van der Waals surface area contributed by atoms with E-state index in [-0.39, 0.29) is 5.91 Å². The summed E-state index contributed by atoms with van der Waals surface area (Å²) in [5.41, 5.74) is 2.00. The molecule has 0 atom stereocenters. The fraction of sp³-hybridized carbons (Fsp3) is 0.333. The van der Waals surface area contributed by atoms with Gasteiger partial charge in [-0.15, -0.1) is 0 Å². The number of aromatic nitrogens is 1. The molecule has 0 spiro atoms. The predicted molar refractivity (Wildman–Crippen MR) is 122 cm³/mol. The molecule has 0 unspecified atom stereocenters. The monoisotopic (exact) mass is 439 g/mol. The number of piperazine rings is 1. The van der Waals surface area contributed by atoms with Gasteiger partial charge in [0, 0.05) is 49.6 Å². The van der Waals surface area contributed by atoms with E-state index >= 15 is 0 Å². The molecule has 2 heterocycles. The summed E-state index contributed by atoms with van der Waals surface area (Å²) in [4.78, 5) is 21.2. The Kier molecular flexibility index (Phi) is 6.77. The van der Waals surface area contributed by atoms with Gasteiger partial charge < -0.3 is 19.0 Å². The number of hydrogen-bond acceptors (Lipinski definition) is 5. The Balaban J connectivity index is 1.29. The second kappa shape index (κ2) is 9.88. The van der Waals surface area contributed by atoms with E-state index in [2.05, 4.69) is 16.0 Å². The van der Waals surface area contributed by atoms with E-state index in [4.69, 9.17) is 20.8 Å². The second-order valence-corrected chi connectivity index (χ2v) is 7.83. The fourth-order valence-electron chi connectivity index (χ4n) is 3.74. The number of nitrogens with zero attached hydrogens (tertiary/aromatic N) is 3. The Bertz CT molecular complexity index is 1010. The minimum Gasteiger partial charge on any atom is -0.492 e. The summed E-state index contributed by atoms with van der Waals surface area (Å²) in [7, 11) is 0. The van der Waals surface area contributed by atoms with Gasteiger partial charge in [0.05, 0.1) is 18.5 Å². The van der Waals surface area contributed by atoms with Crippen LogP contribution in [0.3, 0.4) is 0 Å². The maximum absolute atomic E-state index is 12.7. The molecule has 0 N–H and O–H groups in total. The van der Waals surface area contributed by atoms with Crippen molar-refractivity contribution in [3.63, 3.8) is 0 Å².